The summed E-state index contributed by atoms with van der Waals surface area (Å²) in [7, 11) is 1.47. The minimum Gasteiger partial charge on any atom is -0.504 e. The first-order valence-electron chi connectivity index (χ1n) is 6.79. The van der Waals surface area contributed by atoms with Gasteiger partial charge in [0.25, 0.3) is 0 Å². The lowest BCUT2D eigenvalue weighted by Gasteiger charge is -2.29. The van der Waals surface area contributed by atoms with E-state index in [-0.39, 0.29) is 11.7 Å². The summed E-state index contributed by atoms with van der Waals surface area (Å²) in [5.41, 5.74) is -0.272. The summed E-state index contributed by atoms with van der Waals surface area (Å²) in [6.07, 6.45) is 0.893. The Morgan fingerprint density at radius 2 is 2.10 bits per heavy atom. The zero-order valence-electron chi connectivity index (χ0n) is 12.5. The number of phenols is 1. The topological polar surface area (TPSA) is 67.8 Å². The highest BCUT2D eigenvalue weighted by atomic mass is 16.5. The number of phenolic OH excluding ortho intramolecular Hbond substituents is 1. The van der Waals surface area contributed by atoms with E-state index < -0.39 is 5.54 Å². The molecule has 1 rings (SSSR count). The minimum atomic E-state index is -0.965. The van der Waals surface area contributed by atoms with Gasteiger partial charge < -0.3 is 14.6 Å². The van der Waals surface area contributed by atoms with Crippen LogP contribution in [-0.2, 0) is 15.1 Å². The highest BCUT2D eigenvalue weighted by molar-refractivity contribution is 5.82. The molecule has 0 aromatic heterocycles. The molecule has 0 spiro atoms. The summed E-state index contributed by atoms with van der Waals surface area (Å²) >= 11 is 0. The third-order valence-corrected chi connectivity index (χ3v) is 3.17. The van der Waals surface area contributed by atoms with E-state index in [0.717, 1.165) is 6.42 Å². The van der Waals surface area contributed by atoms with E-state index >= 15 is 0 Å². The molecule has 2 N–H and O–H groups in total. The molecule has 0 bridgehead atoms. The van der Waals surface area contributed by atoms with Gasteiger partial charge in [-0.25, -0.2) is 4.79 Å². The van der Waals surface area contributed by atoms with Crippen molar-refractivity contribution in [2.24, 2.45) is 0 Å². The smallest absolute Gasteiger partial charge is 0.330 e. The molecular weight excluding hydrogens is 258 g/mol. The van der Waals surface area contributed by atoms with Crippen molar-refractivity contribution in [1.29, 1.82) is 0 Å². The predicted octanol–water partition coefficient (Wildman–Crippen LogP) is 2.18. The summed E-state index contributed by atoms with van der Waals surface area (Å²) in [4.78, 5) is 12.3. The van der Waals surface area contributed by atoms with E-state index in [0.29, 0.717) is 24.5 Å². The van der Waals surface area contributed by atoms with Crippen LogP contribution in [0.2, 0.25) is 0 Å². The third kappa shape index (κ3) is 3.42. The molecule has 1 atom stereocenters. The molecule has 1 unspecified atom stereocenters. The molecule has 0 fully saturated rings. The summed E-state index contributed by atoms with van der Waals surface area (Å²) in [5.74, 6) is 0.0236. The van der Waals surface area contributed by atoms with E-state index in [2.05, 4.69) is 5.32 Å². The SMILES string of the molecule is CCCNC(C)(C(=O)OCC)c1ccc(O)c(OC)c1. The molecule has 0 amide bonds. The van der Waals surface area contributed by atoms with Gasteiger partial charge in [-0.2, -0.15) is 0 Å². The van der Waals surface area contributed by atoms with E-state index in [1.165, 1.54) is 13.2 Å². The van der Waals surface area contributed by atoms with Crippen molar-refractivity contribution >= 4 is 5.97 Å². The standard InChI is InChI=1S/C15H23NO4/c1-5-9-16-15(3,14(18)20-6-2)11-7-8-12(17)13(10-11)19-4/h7-8,10,16-17H,5-6,9H2,1-4H3. The van der Waals surface area contributed by atoms with Crippen LogP contribution in [0.4, 0.5) is 0 Å². The average Bonchev–Trinajstić information content (AvgIpc) is 2.45. The number of methoxy groups -OCH3 is 1. The molecule has 112 valence electrons. The molecule has 5 heteroatoms. The van der Waals surface area contributed by atoms with Crippen molar-refractivity contribution < 1.29 is 19.4 Å². The molecule has 5 nitrogen and oxygen atoms in total. The molecule has 0 radical (unpaired) electrons. The summed E-state index contributed by atoms with van der Waals surface area (Å²) in [5, 5.41) is 12.9. The minimum absolute atomic E-state index is 0.0398. The van der Waals surface area contributed by atoms with E-state index in [1.54, 1.807) is 26.0 Å². The monoisotopic (exact) mass is 281 g/mol. The number of carbonyl (C=O) groups excluding carboxylic acids is 1. The number of rotatable bonds is 7. The van der Waals surface area contributed by atoms with Crippen molar-refractivity contribution in [3.8, 4) is 11.5 Å². The van der Waals surface area contributed by atoms with Crippen LogP contribution in [0, 0.1) is 0 Å². The zero-order chi connectivity index (χ0) is 15.2. The van der Waals surface area contributed by atoms with Gasteiger partial charge in [-0.3, -0.25) is 5.32 Å². The predicted molar refractivity (Wildman–Crippen MR) is 76.9 cm³/mol. The maximum absolute atomic E-state index is 12.3. The summed E-state index contributed by atoms with van der Waals surface area (Å²) in [6, 6.07) is 4.85. The fourth-order valence-corrected chi connectivity index (χ4v) is 1.93. The second kappa shape index (κ2) is 7.14. The van der Waals surface area contributed by atoms with Crippen LogP contribution in [0.5, 0.6) is 11.5 Å². The number of nitrogens with one attached hydrogen (secondary N) is 1. The zero-order valence-corrected chi connectivity index (χ0v) is 12.5. The van der Waals surface area contributed by atoms with Gasteiger partial charge in [-0.05, 0) is 44.5 Å². The Balaban J connectivity index is 3.18. The van der Waals surface area contributed by atoms with Crippen LogP contribution in [0.15, 0.2) is 18.2 Å². The fraction of sp³-hybridized carbons (Fsp3) is 0.533. The number of aromatic hydroxyl groups is 1. The molecule has 0 saturated heterocycles. The van der Waals surface area contributed by atoms with E-state index in [9.17, 15) is 9.90 Å². The molecule has 0 aliphatic carbocycles. The molecular formula is C15H23NO4. The van der Waals surface area contributed by atoms with Crippen LogP contribution in [0.25, 0.3) is 0 Å². The van der Waals surface area contributed by atoms with E-state index in [1.807, 2.05) is 6.92 Å². The highest BCUT2D eigenvalue weighted by Crippen LogP contribution is 2.32. The van der Waals surface area contributed by atoms with Crippen LogP contribution in [0.3, 0.4) is 0 Å². The average molecular weight is 281 g/mol. The molecule has 1 aromatic rings. The summed E-state index contributed by atoms with van der Waals surface area (Å²) in [6.45, 7) is 6.56. The Bertz CT molecular complexity index is 461. The lowest BCUT2D eigenvalue weighted by atomic mass is 9.91. The Hall–Kier alpha value is -1.75. The summed E-state index contributed by atoms with van der Waals surface area (Å²) < 4.78 is 10.3. The molecule has 20 heavy (non-hydrogen) atoms. The Morgan fingerprint density at radius 1 is 1.40 bits per heavy atom. The number of hydrogen-bond acceptors (Lipinski definition) is 5. The van der Waals surface area contributed by atoms with Crippen LogP contribution in [-0.4, -0.2) is 31.3 Å². The van der Waals surface area contributed by atoms with Gasteiger partial charge in [0.15, 0.2) is 11.5 Å². The van der Waals surface area contributed by atoms with Gasteiger partial charge in [-0.15, -0.1) is 0 Å². The molecule has 0 heterocycles. The molecule has 1 aromatic carbocycles. The van der Waals surface area contributed by atoms with Gasteiger partial charge in [0.05, 0.1) is 13.7 Å². The number of hydrogen-bond donors (Lipinski definition) is 2. The van der Waals surface area contributed by atoms with E-state index in [4.69, 9.17) is 9.47 Å². The lowest BCUT2D eigenvalue weighted by molar-refractivity contribution is -0.151. The van der Waals surface area contributed by atoms with Crippen molar-refractivity contribution in [2.75, 3.05) is 20.3 Å². The Morgan fingerprint density at radius 3 is 2.65 bits per heavy atom. The Kier molecular flexibility index (Phi) is 5.82. The van der Waals surface area contributed by atoms with Crippen molar-refractivity contribution in [3.63, 3.8) is 0 Å². The number of carbonyl (C=O) groups is 1. The highest BCUT2D eigenvalue weighted by Gasteiger charge is 2.36. The Labute approximate surface area is 119 Å². The second-order valence-corrected chi connectivity index (χ2v) is 4.66. The number of ether oxygens (including phenoxy) is 2. The maximum Gasteiger partial charge on any atom is 0.330 e. The van der Waals surface area contributed by atoms with Crippen LogP contribution < -0.4 is 10.1 Å². The van der Waals surface area contributed by atoms with Gasteiger partial charge in [0, 0.05) is 0 Å². The van der Waals surface area contributed by atoms with Gasteiger partial charge in [0.1, 0.15) is 5.54 Å². The fourth-order valence-electron chi connectivity index (χ4n) is 1.93. The molecule has 0 saturated carbocycles. The van der Waals surface area contributed by atoms with Crippen LogP contribution >= 0.6 is 0 Å². The van der Waals surface area contributed by atoms with Gasteiger partial charge in [0.2, 0.25) is 0 Å². The number of esters is 1. The van der Waals surface area contributed by atoms with Crippen molar-refractivity contribution in [3.05, 3.63) is 23.8 Å². The second-order valence-electron chi connectivity index (χ2n) is 4.66. The molecule has 0 aliphatic rings. The third-order valence-electron chi connectivity index (χ3n) is 3.17. The first kappa shape index (κ1) is 16.3. The first-order chi connectivity index (χ1) is 9.49. The van der Waals surface area contributed by atoms with Crippen molar-refractivity contribution in [2.45, 2.75) is 32.7 Å². The first-order valence-corrected chi connectivity index (χ1v) is 6.79. The largest absolute Gasteiger partial charge is 0.504 e. The van der Waals surface area contributed by atoms with Gasteiger partial charge in [-0.1, -0.05) is 13.0 Å². The van der Waals surface area contributed by atoms with Crippen molar-refractivity contribution in [1.82, 2.24) is 5.32 Å². The van der Waals surface area contributed by atoms with Gasteiger partial charge >= 0.3 is 5.97 Å². The number of benzene rings is 1. The normalized spacial score (nSPS) is 13.6. The maximum atomic E-state index is 12.3. The van der Waals surface area contributed by atoms with Crippen LogP contribution in [0.1, 0.15) is 32.8 Å². The quantitative estimate of drug-likeness (QED) is 0.750. The molecule has 0 aliphatic heterocycles. The lowest BCUT2D eigenvalue weighted by Crippen LogP contribution is -2.48.